The number of hydrogen-bond acceptors (Lipinski definition) is 4. The summed E-state index contributed by atoms with van der Waals surface area (Å²) in [5, 5.41) is 0. The smallest absolute Gasteiger partial charge is 0.277 e. The van der Waals surface area contributed by atoms with Crippen molar-refractivity contribution in [1.29, 1.82) is 0 Å². The summed E-state index contributed by atoms with van der Waals surface area (Å²) in [6, 6.07) is 3.71. The fourth-order valence-corrected chi connectivity index (χ4v) is 3.15. The summed E-state index contributed by atoms with van der Waals surface area (Å²) in [6.45, 7) is 8.85. The van der Waals surface area contributed by atoms with Crippen molar-refractivity contribution in [3.63, 3.8) is 0 Å². The lowest BCUT2D eigenvalue weighted by Crippen LogP contribution is -2.26. The number of methoxy groups -OCH3 is 1. The van der Waals surface area contributed by atoms with Gasteiger partial charge in [-0.2, -0.15) is 4.98 Å². The third-order valence-corrected chi connectivity index (χ3v) is 4.13. The molecule has 0 radical (unpaired) electrons. The maximum Gasteiger partial charge on any atom is 0.277 e. The number of pyridine rings is 1. The Morgan fingerprint density at radius 3 is 2.62 bits per heavy atom. The van der Waals surface area contributed by atoms with Crippen molar-refractivity contribution in [2.24, 2.45) is 5.92 Å². The molecule has 0 aromatic carbocycles. The van der Waals surface area contributed by atoms with E-state index in [-0.39, 0.29) is 5.56 Å². The highest BCUT2D eigenvalue weighted by Crippen LogP contribution is 2.21. The van der Waals surface area contributed by atoms with E-state index in [0.717, 1.165) is 35.5 Å². The van der Waals surface area contributed by atoms with Crippen LogP contribution in [0.3, 0.4) is 0 Å². The number of fused-ring (bicyclic) bond motifs is 3. The average Bonchev–Trinajstić information content (AvgIpc) is 2.87. The van der Waals surface area contributed by atoms with Gasteiger partial charge in [-0.3, -0.25) is 9.20 Å². The first-order valence-electron chi connectivity index (χ1n) is 8.43. The van der Waals surface area contributed by atoms with Crippen LogP contribution < -0.4 is 10.3 Å². The minimum atomic E-state index is -0.00415. The van der Waals surface area contributed by atoms with Gasteiger partial charge in [0.25, 0.3) is 5.56 Å². The Bertz CT molecular complexity index is 953. The van der Waals surface area contributed by atoms with Crippen molar-refractivity contribution >= 4 is 16.7 Å². The van der Waals surface area contributed by atoms with E-state index in [9.17, 15) is 4.79 Å². The molecular weight excluding hydrogens is 304 g/mol. The summed E-state index contributed by atoms with van der Waals surface area (Å²) < 4.78 is 9.02. The number of rotatable bonds is 5. The molecule has 0 atom stereocenters. The summed E-state index contributed by atoms with van der Waals surface area (Å²) in [6.07, 6.45) is 1.76. The van der Waals surface area contributed by atoms with E-state index in [0.29, 0.717) is 23.9 Å². The van der Waals surface area contributed by atoms with Crippen LogP contribution in [-0.4, -0.2) is 26.0 Å². The van der Waals surface area contributed by atoms with Gasteiger partial charge in [0.15, 0.2) is 5.65 Å². The first-order chi connectivity index (χ1) is 11.5. The van der Waals surface area contributed by atoms with E-state index in [2.05, 4.69) is 30.7 Å². The molecule has 3 aromatic heterocycles. The maximum absolute atomic E-state index is 13.1. The second-order valence-corrected chi connectivity index (χ2v) is 6.55. The summed E-state index contributed by atoms with van der Waals surface area (Å²) in [5.74, 6) is 1.77. The van der Waals surface area contributed by atoms with Gasteiger partial charge in [-0.05, 0) is 25.3 Å². The molecule has 0 spiro atoms. The Morgan fingerprint density at radius 1 is 1.25 bits per heavy atom. The van der Waals surface area contributed by atoms with Crippen LogP contribution in [0.25, 0.3) is 16.7 Å². The molecule has 0 amide bonds. The number of ether oxygens (including phenoxy) is 1. The van der Waals surface area contributed by atoms with Gasteiger partial charge in [-0.1, -0.05) is 20.8 Å². The molecule has 3 aromatic rings. The fraction of sp³-hybridized carbons (Fsp3) is 0.500. The summed E-state index contributed by atoms with van der Waals surface area (Å²) in [7, 11) is 1.60. The van der Waals surface area contributed by atoms with Gasteiger partial charge < -0.3 is 9.30 Å². The zero-order valence-electron chi connectivity index (χ0n) is 15.0. The number of aryl methyl sites for hydroxylation is 2. The number of aromatic nitrogens is 4. The quantitative estimate of drug-likeness (QED) is 0.722. The predicted molar refractivity (Wildman–Crippen MR) is 94.9 cm³/mol. The molecule has 0 unspecified atom stereocenters. The summed E-state index contributed by atoms with van der Waals surface area (Å²) in [5.41, 5.74) is 2.92. The van der Waals surface area contributed by atoms with Gasteiger partial charge in [0, 0.05) is 19.0 Å². The van der Waals surface area contributed by atoms with Crippen LogP contribution in [0.1, 0.15) is 38.7 Å². The summed E-state index contributed by atoms with van der Waals surface area (Å²) in [4.78, 5) is 22.4. The minimum absolute atomic E-state index is 0.00415. The van der Waals surface area contributed by atoms with E-state index in [1.807, 2.05) is 22.0 Å². The third kappa shape index (κ3) is 2.56. The van der Waals surface area contributed by atoms with Gasteiger partial charge in [0.05, 0.1) is 18.3 Å². The number of hydrogen-bond donors (Lipinski definition) is 0. The highest BCUT2D eigenvalue weighted by molar-refractivity contribution is 5.77. The second-order valence-electron chi connectivity index (χ2n) is 6.55. The van der Waals surface area contributed by atoms with E-state index in [1.54, 1.807) is 13.2 Å². The van der Waals surface area contributed by atoms with Crippen molar-refractivity contribution in [3.8, 4) is 5.88 Å². The van der Waals surface area contributed by atoms with E-state index >= 15 is 0 Å². The lowest BCUT2D eigenvalue weighted by Gasteiger charge is -2.15. The predicted octanol–water partition coefficient (Wildman–Crippen LogP) is 2.97. The van der Waals surface area contributed by atoms with Crippen LogP contribution in [0, 0.1) is 12.8 Å². The monoisotopic (exact) mass is 328 g/mol. The SMILES string of the molecule is CCCc1nc(C)c2c(=O)n(CC(C)C)c3ccc(OC)nc3n12. The Kier molecular flexibility index (Phi) is 4.30. The number of imidazole rings is 1. The molecule has 128 valence electrons. The minimum Gasteiger partial charge on any atom is -0.481 e. The largest absolute Gasteiger partial charge is 0.481 e. The molecule has 0 bridgehead atoms. The van der Waals surface area contributed by atoms with Gasteiger partial charge in [-0.15, -0.1) is 0 Å². The van der Waals surface area contributed by atoms with Crippen molar-refractivity contribution in [2.45, 2.75) is 47.1 Å². The van der Waals surface area contributed by atoms with Crippen molar-refractivity contribution in [3.05, 3.63) is 34.0 Å². The van der Waals surface area contributed by atoms with Crippen molar-refractivity contribution in [2.75, 3.05) is 7.11 Å². The molecule has 0 aliphatic rings. The molecule has 0 aliphatic carbocycles. The van der Waals surface area contributed by atoms with Crippen LogP contribution in [0.5, 0.6) is 5.88 Å². The topological polar surface area (TPSA) is 61.4 Å². The fourth-order valence-electron chi connectivity index (χ4n) is 3.15. The second kappa shape index (κ2) is 6.26. The molecular formula is C18H24N4O2. The highest BCUT2D eigenvalue weighted by atomic mass is 16.5. The first-order valence-corrected chi connectivity index (χ1v) is 8.43. The van der Waals surface area contributed by atoms with Crippen molar-refractivity contribution in [1.82, 2.24) is 18.9 Å². The van der Waals surface area contributed by atoms with Crippen LogP contribution >= 0.6 is 0 Å². The molecule has 3 rings (SSSR count). The van der Waals surface area contributed by atoms with Crippen LogP contribution in [0.4, 0.5) is 0 Å². The van der Waals surface area contributed by atoms with Gasteiger partial charge >= 0.3 is 0 Å². The van der Waals surface area contributed by atoms with Crippen LogP contribution in [0.2, 0.25) is 0 Å². The van der Waals surface area contributed by atoms with E-state index in [4.69, 9.17) is 4.74 Å². The maximum atomic E-state index is 13.1. The Labute approximate surface area is 141 Å². The molecule has 6 nitrogen and oxygen atoms in total. The highest BCUT2D eigenvalue weighted by Gasteiger charge is 2.19. The van der Waals surface area contributed by atoms with Gasteiger partial charge in [-0.25, -0.2) is 4.98 Å². The molecule has 3 heterocycles. The zero-order chi connectivity index (χ0) is 17.4. The van der Waals surface area contributed by atoms with E-state index in [1.165, 1.54) is 0 Å². The van der Waals surface area contributed by atoms with Crippen LogP contribution in [0.15, 0.2) is 16.9 Å². The van der Waals surface area contributed by atoms with E-state index < -0.39 is 0 Å². The molecule has 24 heavy (non-hydrogen) atoms. The Morgan fingerprint density at radius 2 is 2.00 bits per heavy atom. The number of nitrogens with zero attached hydrogens (tertiary/aromatic N) is 4. The Hall–Kier alpha value is -2.37. The molecule has 0 aliphatic heterocycles. The Balaban J connectivity index is 2.50. The first kappa shape index (κ1) is 16.5. The average molecular weight is 328 g/mol. The van der Waals surface area contributed by atoms with Gasteiger partial charge in [0.1, 0.15) is 11.3 Å². The molecule has 6 heteroatoms. The van der Waals surface area contributed by atoms with Crippen molar-refractivity contribution < 1.29 is 4.74 Å². The standard InChI is InChI=1S/C18H24N4O2/c1-6-7-14-19-12(4)16-18(23)21(10-11(2)3)13-8-9-15(24-5)20-17(13)22(14)16/h8-9,11H,6-7,10H2,1-5H3. The zero-order valence-corrected chi connectivity index (χ0v) is 15.0. The molecule has 0 saturated heterocycles. The normalized spacial score (nSPS) is 11.8. The molecule has 0 fully saturated rings. The molecule has 0 N–H and O–H groups in total. The third-order valence-electron chi connectivity index (χ3n) is 4.13. The lowest BCUT2D eigenvalue weighted by atomic mass is 10.2. The lowest BCUT2D eigenvalue weighted by molar-refractivity contribution is 0.399. The molecule has 0 saturated carbocycles. The van der Waals surface area contributed by atoms with Gasteiger partial charge in [0.2, 0.25) is 5.88 Å². The van der Waals surface area contributed by atoms with Crippen LogP contribution in [-0.2, 0) is 13.0 Å². The summed E-state index contributed by atoms with van der Waals surface area (Å²) >= 11 is 0.